The topological polar surface area (TPSA) is 51.2 Å². The van der Waals surface area contributed by atoms with E-state index in [0.29, 0.717) is 38.5 Å². The normalized spacial score (nSPS) is 21.4. The van der Waals surface area contributed by atoms with Crippen LogP contribution in [-0.2, 0) is 14.4 Å². The predicted octanol–water partition coefficient (Wildman–Crippen LogP) is 3.70. The van der Waals surface area contributed by atoms with Gasteiger partial charge in [-0.1, -0.05) is 39.7 Å². The monoisotopic (exact) mass is 340 g/mol. The van der Waals surface area contributed by atoms with Gasteiger partial charge in [0.2, 0.25) is 0 Å². The van der Waals surface area contributed by atoms with Gasteiger partial charge in [0.1, 0.15) is 15.9 Å². The average molecular weight is 341 g/mol. The van der Waals surface area contributed by atoms with E-state index in [1.165, 1.54) is 0 Å². The molecule has 0 saturated carbocycles. The largest absolute Gasteiger partial charge is 0.300 e. The number of allylic oxidation sites excluding steroid dienone is 4. The summed E-state index contributed by atoms with van der Waals surface area (Å²) in [5.74, 6) is 0.389. The molecule has 0 radical (unpaired) electrons. The van der Waals surface area contributed by atoms with Gasteiger partial charge < -0.3 is 4.79 Å². The van der Waals surface area contributed by atoms with Gasteiger partial charge >= 0.3 is 0 Å². The highest BCUT2D eigenvalue weighted by Crippen LogP contribution is 2.34. The van der Waals surface area contributed by atoms with Crippen molar-refractivity contribution in [1.82, 2.24) is 0 Å². The Labute approximate surface area is 128 Å². The molecule has 1 aliphatic rings. The zero-order chi connectivity index (χ0) is 15.2. The van der Waals surface area contributed by atoms with Crippen LogP contribution in [0.2, 0.25) is 0 Å². The summed E-state index contributed by atoms with van der Waals surface area (Å²) in [6, 6.07) is 0. The number of Topliss-reactive ketones (excluding diaryl/α,β-unsaturated/α-hetero) is 3. The second kappa shape index (κ2) is 7.67. The van der Waals surface area contributed by atoms with Crippen LogP contribution in [0.4, 0.5) is 0 Å². The molecular formula is C16H21BrO3. The van der Waals surface area contributed by atoms with Crippen molar-refractivity contribution in [3.8, 4) is 0 Å². The molecule has 3 nitrogen and oxygen atoms in total. The lowest BCUT2D eigenvalue weighted by molar-refractivity contribution is -0.120. The van der Waals surface area contributed by atoms with Crippen LogP contribution in [0.5, 0.6) is 0 Å². The molecule has 0 heterocycles. The van der Waals surface area contributed by atoms with E-state index in [0.717, 1.165) is 5.57 Å². The average Bonchev–Trinajstić information content (AvgIpc) is 2.36. The Kier molecular flexibility index (Phi) is 6.53. The molecular weight excluding hydrogens is 320 g/mol. The van der Waals surface area contributed by atoms with Gasteiger partial charge in [-0.05, 0) is 33.1 Å². The molecule has 0 fully saturated rings. The van der Waals surface area contributed by atoms with Gasteiger partial charge in [0.15, 0.2) is 5.78 Å². The maximum absolute atomic E-state index is 11.7. The molecule has 0 aromatic rings. The highest BCUT2D eigenvalue weighted by atomic mass is 79.9. The third kappa shape index (κ3) is 5.53. The number of rotatable bonds is 8. The lowest BCUT2D eigenvalue weighted by atomic mass is 9.88. The summed E-state index contributed by atoms with van der Waals surface area (Å²) in [5, 5.41) is 0. The Bertz CT molecular complexity index is 462. The van der Waals surface area contributed by atoms with Gasteiger partial charge in [-0.15, -0.1) is 0 Å². The minimum absolute atomic E-state index is 0.0761. The lowest BCUT2D eigenvalue weighted by Gasteiger charge is -2.25. The minimum atomic E-state index is -0.602. The molecule has 0 aromatic carbocycles. The van der Waals surface area contributed by atoms with E-state index in [1.54, 1.807) is 13.8 Å². The van der Waals surface area contributed by atoms with Gasteiger partial charge in [-0.25, -0.2) is 0 Å². The fourth-order valence-electron chi connectivity index (χ4n) is 2.16. The van der Waals surface area contributed by atoms with Gasteiger partial charge in [0.25, 0.3) is 0 Å². The molecule has 0 amide bonds. The number of carbonyl (C=O) groups is 3. The van der Waals surface area contributed by atoms with Crippen LogP contribution in [0, 0.1) is 0 Å². The van der Waals surface area contributed by atoms with Gasteiger partial charge in [0, 0.05) is 19.3 Å². The van der Waals surface area contributed by atoms with Gasteiger partial charge in [-0.2, -0.15) is 0 Å². The minimum Gasteiger partial charge on any atom is -0.300 e. The van der Waals surface area contributed by atoms with Crippen molar-refractivity contribution < 1.29 is 14.4 Å². The zero-order valence-corrected chi connectivity index (χ0v) is 13.7. The number of halogens is 1. The third-order valence-corrected chi connectivity index (χ3v) is 4.57. The molecule has 0 aliphatic heterocycles. The Morgan fingerprint density at radius 1 is 1.20 bits per heavy atom. The molecule has 0 bridgehead atoms. The Morgan fingerprint density at radius 3 is 2.50 bits per heavy atom. The number of hydrogen-bond donors (Lipinski definition) is 0. The molecule has 1 rings (SSSR count). The van der Waals surface area contributed by atoms with Gasteiger partial charge in [-0.3, -0.25) is 9.59 Å². The fraction of sp³-hybridized carbons (Fsp3) is 0.562. The first-order valence-electron chi connectivity index (χ1n) is 6.92. The van der Waals surface area contributed by atoms with Crippen LogP contribution in [0.25, 0.3) is 0 Å². The van der Waals surface area contributed by atoms with Crippen LogP contribution in [0.15, 0.2) is 23.8 Å². The second-order valence-electron chi connectivity index (χ2n) is 5.37. The van der Waals surface area contributed by atoms with E-state index < -0.39 is 4.32 Å². The number of hydrogen-bond acceptors (Lipinski definition) is 3. The van der Waals surface area contributed by atoms with Crippen molar-refractivity contribution in [2.75, 3.05) is 0 Å². The summed E-state index contributed by atoms with van der Waals surface area (Å²) >= 11 is 3.47. The first kappa shape index (κ1) is 17.0. The SMILES string of the molecule is CC(=O)CCCC(=O)CCC1=CC=CC(Br)(C(C)=O)C1. The molecule has 1 atom stereocenters. The maximum Gasteiger partial charge on any atom is 0.150 e. The summed E-state index contributed by atoms with van der Waals surface area (Å²) in [6.45, 7) is 3.11. The van der Waals surface area contributed by atoms with Crippen LogP contribution < -0.4 is 0 Å². The summed E-state index contributed by atoms with van der Waals surface area (Å²) in [5.41, 5.74) is 1.11. The number of ketones is 3. The van der Waals surface area contributed by atoms with E-state index >= 15 is 0 Å². The summed E-state index contributed by atoms with van der Waals surface area (Å²) in [4.78, 5) is 34.1. The Hall–Kier alpha value is -1.03. The van der Waals surface area contributed by atoms with Crippen LogP contribution in [-0.4, -0.2) is 21.7 Å². The van der Waals surface area contributed by atoms with E-state index in [2.05, 4.69) is 15.9 Å². The van der Waals surface area contributed by atoms with Crippen molar-refractivity contribution in [3.63, 3.8) is 0 Å². The second-order valence-corrected chi connectivity index (χ2v) is 6.79. The van der Waals surface area contributed by atoms with E-state index in [4.69, 9.17) is 0 Å². The van der Waals surface area contributed by atoms with Crippen molar-refractivity contribution in [3.05, 3.63) is 23.8 Å². The molecule has 1 aliphatic carbocycles. The maximum atomic E-state index is 11.7. The fourth-order valence-corrected chi connectivity index (χ4v) is 2.67. The molecule has 1 unspecified atom stereocenters. The summed E-state index contributed by atoms with van der Waals surface area (Å²) in [7, 11) is 0. The van der Waals surface area contributed by atoms with Gasteiger partial charge in [0.05, 0.1) is 0 Å². The number of carbonyl (C=O) groups excluding carboxylic acids is 3. The Balaban J connectivity index is 2.37. The van der Waals surface area contributed by atoms with E-state index in [-0.39, 0.29) is 17.3 Å². The molecule has 0 N–H and O–H groups in total. The van der Waals surface area contributed by atoms with Crippen molar-refractivity contribution in [2.45, 2.75) is 56.7 Å². The van der Waals surface area contributed by atoms with E-state index in [9.17, 15) is 14.4 Å². The van der Waals surface area contributed by atoms with Crippen LogP contribution >= 0.6 is 15.9 Å². The zero-order valence-electron chi connectivity index (χ0n) is 12.1. The number of alkyl halides is 1. The summed E-state index contributed by atoms with van der Waals surface area (Å²) in [6.07, 6.45) is 9.08. The van der Waals surface area contributed by atoms with E-state index in [1.807, 2.05) is 18.2 Å². The highest BCUT2D eigenvalue weighted by molar-refractivity contribution is 9.10. The molecule has 0 spiro atoms. The standard InChI is InChI=1S/C16H21BrO3/c1-12(18)5-3-7-15(20)9-8-14-6-4-10-16(17,11-14)13(2)19/h4,6,10H,3,5,7-9,11H2,1-2H3. The highest BCUT2D eigenvalue weighted by Gasteiger charge is 2.31. The molecule has 0 aromatic heterocycles. The van der Waals surface area contributed by atoms with Crippen molar-refractivity contribution >= 4 is 33.3 Å². The van der Waals surface area contributed by atoms with Crippen molar-refractivity contribution in [2.24, 2.45) is 0 Å². The molecule has 0 saturated heterocycles. The first-order chi connectivity index (χ1) is 9.33. The Morgan fingerprint density at radius 2 is 1.90 bits per heavy atom. The molecule has 110 valence electrons. The molecule has 20 heavy (non-hydrogen) atoms. The first-order valence-corrected chi connectivity index (χ1v) is 7.71. The predicted molar refractivity (Wildman–Crippen MR) is 83.0 cm³/mol. The third-order valence-electron chi connectivity index (χ3n) is 3.47. The molecule has 4 heteroatoms. The lowest BCUT2D eigenvalue weighted by Crippen LogP contribution is -2.29. The van der Waals surface area contributed by atoms with Crippen LogP contribution in [0.3, 0.4) is 0 Å². The van der Waals surface area contributed by atoms with Crippen LogP contribution in [0.1, 0.15) is 52.4 Å². The van der Waals surface area contributed by atoms with Crippen molar-refractivity contribution in [1.29, 1.82) is 0 Å². The summed E-state index contributed by atoms with van der Waals surface area (Å²) < 4.78 is -0.602. The quantitative estimate of drug-likeness (QED) is 0.633. The smallest absolute Gasteiger partial charge is 0.150 e.